The summed E-state index contributed by atoms with van der Waals surface area (Å²) in [6.45, 7) is 0.734. The summed E-state index contributed by atoms with van der Waals surface area (Å²) in [5.74, 6) is -3.12. The number of Topliss-reactive ketones (excluding diaryl/α,β-unsaturated/α-hetero) is 1. The zero-order chi connectivity index (χ0) is 21.5. The second kappa shape index (κ2) is 8.32. The minimum atomic E-state index is -1.34. The molecule has 150 valence electrons. The van der Waals surface area contributed by atoms with Crippen molar-refractivity contribution in [3.05, 3.63) is 67.1 Å². The number of imide groups is 1. The fourth-order valence-corrected chi connectivity index (χ4v) is 3.80. The Morgan fingerprint density at radius 3 is 1.86 bits per heavy atom. The average Bonchev–Trinajstić information content (AvgIpc) is 2.98. The van der Waals surface area contributed by atoms with Gasteiger partial charge in [0.15, 0.2) is 12.4 Å². The van der Waals surface area contributed by atoms with Crippen molar-refractivity contribution in [2.45, 2.75) is 13.0 Å². The molecule has 1 unspecified atom stereocenters. The van der Waals surface area contributed by atoms with Crippen LogP contribution in [-0.4, -0.2) is 41.1 Å². The molecule has 2 aromatic carbocycles. The number of carbonyl (C=O) groups is 4. The third-order valence-electron chi connectivity index (χ3n) is 4.30. The van der Waals surface area contributed by atoms with Crippen molar-refractivity contribution in [1.82, 2.24) is 4.90 Å². The molecular weight excluding hydrogens is 464 g/mol. The van der Waals surface area contributed by atoms with Gasteiger partial charge in [-0.05, 0) is 6.92 Å². The number of hydrogen-bond donors (Lipinski definition) is 0. The third kappa shape index (κ3) is 3.73. The van der Waals surface area contributed by atoms with Crippen molar-refractivity contribution in [2.24, 2.45) is 0 Å². The topological polar surface area (TPSA) is 80.8 Å². The van der Waals surface area contributed by atoms with E-state index in [0.29, 0.717) is 10.5 Å². The summed E-state index contributed by atoms with van der Waals surface area (Å²) in [7, 11) is 0. The van der Waals surface area contributed by atoms with Crippen LogP contribution in [0.25, 0.3) is 0 Å². The predicted molar refractivity (Wildman–Crippen MR) is 108 cm³/mol. The van der Waals surface area contributed by atoms with E-state index in [1.807, 2.05) is 0 Å². The number of ketones is 1. The normalized spacial score (nSPS) is 14.0. The van der Waals surface area contributed by atoms with Crippen LogP contribution in [0.5, 0.6) is 0 Å². The Bertz CT molecular complexity index is 1010. The number of benzene rings is 2. The van der Waals surface area contributed by atoms with Crippen molar-refractivity contribution >= 4 is 70.0 Å². The predicted octanol–water partition coefficient (Wildman–Crippen LogP) is 4.71. The highest BCUT2D eigenvalue weighted by atomic mass is 35.5. The van der Waals surface area contributed by atoms with Gasteiger partial charge >= 0.3 is 5.97 Å². The van der Waals surface area contributed by atoms with E-state index in [1.165, 1.54) is 6.92 Å². The maximum atomic E-state index is 12.7. The fraction of sp³-hybridized carbons (Fsp3) is 0.158. The molecule has 0 aliphatic carbocycles. The second-order valence-corrected chi connectivity index (χ2v) is 7.57. The average molecular weight is 475 g/mol. The smallest absolute Gasteiger partial charge is 0.329 e. The Kier molecular flexibility index (Phi) is 6.19. The van der Waals surface area contributed by atoms with Crippen LogP contribution < -0.4 is 0 Å². The number of ether oxygens (including phenoxy) is 1. The maximum Gasteiger partial charge on any atom is 0.329 e. The first-order valence-corrected chi connectivity index (χ1v) is 9.66. The molecule has 0 spiro atoms. The first kappa shape index (κ1) is 21.6. The molecule has 0 radical (unpaired) electrons. The number of rotatable bonds is 5. The molecule has 0 saturated heterocycles. The highest BCUT2D eigenvalue weighted by molar-refractivity contribution is 6.55. The molecule has 0 fully saturated rings. The Hall–Kier alpha value is -2.12. The maximum absolute atomic E-state index is 12.7. The van der Waals surface area contributed by atoms with Crippen molar-refractivity contribution < 1.29 is 23.9 Å². The van der Waals surface area contributed by atoms with Crippen LogP contribution in [0.15, 0.2) is 30.3 Å². The van der Waals surface area contributed by atoms with E-state index in [4.69, 9.17) is 51.1 Å². The molecule has 6 nitrogen and oxygen atoms in total. The number of hydrogen-bond acceptors (Lipinski definition) is 5. The summed E-state index contributed by atoms with van der Waals surface area (Å²) in [5.41, 5.74) is -0.122. The molecule has 1 aliphatic rings. The molecule has 0 saturated carbocycles. The van der Waals surface area contributed by atoms with Gasteiger partial charge in [0.1, 0.15) is 6.04 Å². The van der Waals surface area contributed by atoms with Crippen LogP contribution >= 0.6 is 46.4 Å². The largest absolute Gasteiger partial charge is 0.456 e. The Balaban J connectivity index is 1.80. The number of nitrogens with zero attached hydrogens (tertiary/aromatic N) is 1. The molecule has 0 bridgehead atoms. The Morgan fingerprint density at radius 2 is 1.38 bits per heavy atom. The summed E-state index contributed by atoms with van der Waals surface area (Å²) in [6, 6.07) is 6.88. The Labute approximate surface area is 185 Å². The molecule has 0 N–H and O–H groups in total. The summed E-state index contributed by atoms with van der Waals surface area (Å²) in [6.07, 6.45) is 0. The summed E-state index contributed by atoms with van der Waals surface area (Å²) in [4.78, 5) is 50.6. The number of esters is 1. The lowest BCUT2D eigenvalue weighted by atomic mass is 10.1. The van der Waals surface area contributed by atoms with Crippen LogP contribution in [0.1, 0.15) is 38.0 Å². The Morgan fingerprint density at radius 1 is 0.897 bits per heavy atom. The van der Waals surface area contributed by atoms with Gasteiger partial charge in [0.2, 0.25) is 0 Å². The first-order chi connectivity index (χ1) is 13.7. The first-order valence-electron chi connectivity index (χ1n) is 8.15. The van der Waals surface area contributed by atoms with E-state index in [1.54, 1.807) is 30.3 Å². The van der Waals surface area contributed by atoms with Gasteiger partial charge in [-0.25, -0.2) is 4.79 Å². The second-order valence-electron chi connectivity index (χ2n) is 6.06. The van der Waals surface area contributed by atoms with E-state index in [0.717, 1.165) is 0 Å². The van der Waals surface area contributed by atoms with Gasteiger partial charge in [0, 0.05) is 5.56 Å². The molecule has 0 aromatic heterocycles. The molecule has 10 heteroatoms. The lowest BCUT2D eigenvalue weighted by Crippen LogP contribution is -2.44. The monoisotopic (exact) mass is 473 g/mol. The molecular formula is C19H11Cl4NO5. The minimum Gasteiger partial charge on any atom is -0.456 e. The van der Waals surface area contributed by atoms with Crippen molar-refractivity contribution in [3.63, 3.8) is 0 Å². The van der Waals surface area contributed by atoms with Gasteiger partial charge in [-0.2, -0.15) is 0 Å². The minimum absolute atomic E-state index is 0.177. The van der Waals surface area contributed by atoms with E-state index < -0.39 is 36.2 Å². The number of fused-ring (bicyclic) bond motifs is 1. The highest BCUT2D eigenvalue weighted by Gasteiger charge is 2.45. The number of amides is 2. The van der Waals surface area contributed by atoms with Crippen molar-refractivity contribution in [1.29, 1.82) is 0 Å². The van der Waals surface area contributed by atoms with Crippen LogP contribution in [-0.2, 0) is 9.53 Å². The zero-order valence-corrected chi connectivity index (χ0v) is 17.7. The molecule has 2 amide bonds. The van der Waals surface area contributed by atoms with Crippen LogP contribution in [0.4, 0.5) is 0 Å². The van der Waals surface area contributed by atoms with Gasteiger partial charge in [-0.15, -0.1) is 0 Å². The van der Waals surface area contributed by atoms with E-state index in [-0.39, 0.29) is 31.2 Å². The molecule has 29 heavy (non-hydrogen) atoms. The van der Waals surface area contributed by atoms with Gasteiger partial charge < -0.3 is 4.74 Å². The third-order valence-corrected chi connectivity index (χ3v) is 6.10. The molecule has 1 heterocycles. The van der Waals surface area contributed by atoms with E-state index in [9.17, 15) is 19.2 Å². The lowest BCUT2D eigenvalue weighted by Gasteiger charge is -2.20. The standard InChI is InChI=1S/C19H11Cl4NO5/c1-8(19(28)29-7-10(25)9-5-3-2-4-6-9)24-17(26)11-12(18(24)27)14(21)16(23)15(22)13(11)20/h2-6,8H,7H2,1H3. The van der Waals surface area contributed by atoms with Gasteiger partial charge in [-0.1, -0.05) is 76.7 Å². The van der Waals surface area contributed by atoms with E-state index in [2.05, 4.69) is 0 Å². The molecule has 3 rings (SSSR count). The quantitative estimate of drug-likeness (QED) is 0.206. The highest BCUT2D eigenvalue weighted by Crippen LogP contribution is 2.45. The fourth-order valence-electron chi connectivity index (χ4n) is 2.79. The summed E-state index contributed by atoms with van der Waals surface area (Å²) < 4.78 is 4.98. The summed E-state index contributed by atoms with van der Waals surface area (Å²) >= 11 is 24.0. The lowest BCUT2D eigenvalue weighted by molar-refractivity contribution is -0.146. The van der Waals surface area contributed by atoms with Crippen molar-refractivity contribution in [2.75, 3.05) is 6.61 Å². The van der Waals surface area contributed by atoms with Gasteiger partial charge in [-0.3, -0.25) is 19.3 Å². The van der Waals surface area contributed by atoms with Crippen molar-refractivity contribution in [3.8, 4) is 0 Å². The van der Waals surface area contributed by atoms with Gasteiger partial charge in [0.25, 0.3) is 11.8 Å². The number of carbonyl (C=O) groups excluding carboxylic acids is 4. The van der Waals surface area contributed by atoms with Crippen LogP contribution in [0.2, 0.25) is 20.1 Å². The molecule has 2 aromatic rings. The molecule has 1 aliphatic heterocycles. The van der Waals surface area contributed by atoms with E-state index >= 15 is 0 Å². The SMILES string of the molecule is CC(C(=O)OCC(=O)c1ccccc1)N1C(=O)c2c(Cl)c(Cl)c(Cl)c(Cl)c2C1=O. The van der Waals surface area contributed by atoms with Crippen LogP contribution in [0.3, 0.4) is 0 Å². The number of halogens is 4. The van der Waals surface area contributed by atoms with Crippen LogP contribution in [0, 0.1) is 0 Å². The van der Waals surface area contributed by atoms with Gasteiger partial charge in [0.05, 0.1) is 31.2 Å². The molecule has 1 atom stereocenters. The zero-order valence-electron chi connectivity index (χ0n) is 14.7. The summed E-state index contributed by atoms with van der Waals surface area (Å²) in [5, 5.41) is -0.832.